The van der Waals surface area contributed by atoms with Gasteiger partial charge in [0.2, 0.25) is 5.91 Å². The van der Waals surface area contributed by atoms with Crippen LogP contribution in [0.2, 0.25) is 0 Å². The van der Waals surface area contributed by atoms with Crippen LogP contribution in [-0.4, -0.2) is 46.1 Å². The Morgan fingerprint density at radius 2 is 2.09 bits per heavy atom. The van der Waals surface area contributed by atoms with Crippen LogP contribution < -0.4 is 5.32 Å². The van der Waals surface area contributed by atoms with Crippen molar-refractivity contribution in [1.29, 1.82) is 0 Å². The number of carbonyl (C=O) groups is 2. The summed E-state index contributed by atoms with van der Waals surface area (Å²) < 4.78 is 1.62. The molecule has 122 valence electrons. The SMILES string of the molecule is CCC(C)C(=O)N1CCC(CNC(=O)c2cnn(C)c2)CC1. The summed E-state index contributed by atoms with van der Waals surface area (Å²) in [7, 11) is 1.79. The Hall–Kier alpha value is -1.85. The zero-order valence-electron chi connectivity index (χ0n) is 13.7. The molecule has 6 heteroatoms. The van der Waals surface area contributed by atoms with E-state index in [0.29, 0.717) is 18.0 Å². The summed E-state index contributed by atoms with van der Waals surface area (Å²) in [5, 5.41) is 6.96. The first-order valence-electron chi connectivity index (χ1n) is 8.06. The first-order valence-corrected chi connectivity index (χ1v) is 8.06. The van der Waals surface area contributed by atoms with E-state index < -0.39 is 0 Å². The molecule has 0 saturated carbocycles. The van der Waals surface area contributed by atoms with E-state index in [1.807, 2.05) is 18.7 Å². The van der Waals surface area contributed by atoms with E-state index in [9.17, 15) is 9.59 Å². The van der Waals surface area contributed by atoms with Crippen LogP contribution in [0.5, 0.6) is 0 Å². The highest BCUT2D eigenvalue weighted by Gasteiger charge is 2.25. The predicted octanol–water partition coefficient (Wildman–Crippen LogP) is 1.43. The minimum Gasteiger partial charge on any atom is -0.352 e. The second-order valence-electron chi connectivity index (χ2n) is 6.19. The molecule has 1 aromatic rings. The van der Waals surface area contributed by atoms with Crippen molar-refractivity contribution in [1.82, 2.24) is 20.0 Å². The number of aromatic nitrogens is 2. The largest absolute Gasteiger partial charge is 0.352 e. The van der Waals surface area contributed by atoms with Crippen molar-refractivity contribution < 1.29 is 9.59 Å². The highest BCUT2D eigenvalue weighted by molar-refractivity contribution is 5.93. The Bertz CT molecular complexity index is 518. The molecule has 0 bridgehead atoms. The van der Waals surface area contributed by atoms with Gasteiger partial charge in [0.05, 0.1) is 11.8 Å². The van der Waals surface area contributed by atoms with Crippen LogP contribution in [0.3, 0.4) is 0 Å². The average molecular weight is 306 g/mol. The van der Waals surface area contributed by atoms with E-state index in [1.54, 1.807) is 24.1 Å². The van der Waals surface area contributed by atoms with Crippen molar-refractivity contribution in [3.05, 3.63) is 18.0 Å². The van der Waals surface area contributed by atoms with Gasteiger partial charge in [-0.3, -0.25) is 14.3 Å². The molecule has 2 amide bonds. The number of piperidine rings is 1. The molecule has 0 aliphatic carbocycles. The molecule has 1 aliphatic heterocycles. The van der Waals surface area contributed by atoms with Crippen molar-refractivity contribution in [3.8, 4) is 0 Å². The predicted molar refractivity (Wildman–Crippen MR) is 84.3 cm³/mol. The van der Waals surface area contributed by atoms with Crippen molar-refractivity contribution >= 4 is 11.8 Å². The lowest BCUT2D eigenvalue weighted by molar-refractivity contribution is -0.136. The van der Waals surface area contributed by atoms with Crippen molar-refractivity contribution in [3.63, 3.8) is 0 Å². The Kier molecular flexibility index (Phi) is 5.57. The fraction of sp³-hybridized carbons (Fsp3) is 0.688. The van der Waals surface area contributed by atoms with Gasteiger partial charge in [-0.25, -0.2) is 0 Å². The molecule has 1 N–H and O–H groups in total. The van der Waals surface area contributed by atoms with Gasteiger partial charge in [-0.1, -0.05) is 13.8 Å². The summed E-state index contributed by atoms with van der Waals surface area (Å²) in [6.07, 6.45) is 6.08. The van der Waals surface area contributed by atoms with Crippen LogP contribution in [-0.2, 0) is 11.8 Å². The van der Waals surface area contributed by atoms with Gasteiger partial charge in [-0.2, -0.15) is 5.10 Å². The highest BCUT2D eigenvalue weighted by Crippen LogP contribution is 2.19. The Balaban J connectivity index is 1.73. The lowest BCUT2D eigenvalue weighted by Crippen LogP contribution is -2.43. The molecule has 0 spiro atoms. The summed E-state index contributed by atoms with van der Waals surface area (Å²) >= 11 is 0. The first kappa shape index (κ1) is 16.5. The third-order valence-corrected chi connectivity index (χ3v) is 4.48. The van der Waals surface area contributed by atoms with E-state index in [1.165, 1.54) is 0 Å². The van der Waals surface area contributed by atoms with Gasteiger partial charge < -0.3 is 10.2 Å². The molecular formula is C16H26N4O2. The number of rotatable bonds is 5. The van der Waals surface area contributed by atoms with Gasteiger partial charge in [0, 0.05) is 38.8 Å². The lowest BCUT2D eigenvalue weighted by Gasteiger charge is -2.33. The van der Waals surface area contributed by atoms with Crippen molar-refractivity contribution in [2.45, 2.75) is 33.1 Å². The second-order valence-corrected chi connectivity index (χ2v) is 6.19. The maximum absolute atomic E-state index is 12.1. The molecule has 2 heterocycles. The fourth-order valence-electron chi connectivity index (χ4n) is 2.72. The van der Waals surface area contributed by atoms with Gasteiger partial charge in [-0.15, -0.1) is 0 Å². The number of nitrogens with zero attached hydrogens (tertiary/aromatic N) is 3. The van der Waals surface area contributed by atoms with Gasteiger partial charge in [0.1, 0.15) is 0 Å². The number of hydrogen-bond acceptors (Lipinski definition) is 3. The number of amides is 2. The van der Waals surface area contributed by atoms with Crippen molar-refractivity contribution in [2.75, 3.05) is 19.6 Å². The molecular weight excluding hydrogens is 280 g/mol. The molecule has 1 saturated heterocycles. The van der Waals surface area contributed by atoms with Crippen molar-refractivity contribution in [2.24, 2.45) is 18.9 Å². The van der Waals surface area contributed by atoms with E-state index in [0.717, 1.165) is 32.4 Å². The molecule has 1 aliphatic rings. The molecule has 22 heavy (non-hydrogen) atoms. The van der Waals surface area contributed by atoms with E-state index in [4.69, 9.17) is 0 Å². The zero-order chi connectivity index (χ0) is 16.1. The average Bonchev–Trinajstić information content (AvgIpc) is 2.98. The maximum Gasteiger partial charge on any atom is 0.254 e. The molecule has 1 aromatic heterocycles. The minimum atomic E-state index is -0.0776. The molecule has 6 nitrogen and oxygen atoms in total. The molecule has 0 radical (unpaired) electrons. The van der Waals surface area contributed by atoms with Crippen LogP contribution in [0.15, 0.2) is 12.4 Å². The topological polar surface area (TPSA) is 67.2 Å². The number of likely N-dealkylation sites (tertiary alicyclic amines) is 1. The quantitative estimate of drug-likeness (QED) is 0.895. The molecule has 1 fully saturated rings. The molecule has 1 unspecified atom stereocenters. The van der Waals surface area contributed by atoms with E-state index in [-0.39, 0.29) is 17.7 Å². The summed E-state index contributed by atoms with van der Waals surface area (Å²) in [5.41, 5.74) is 0.590. The standard InChI is InChI=1S/C16H26N4O2/c1-4-12(2)16(22)20-7-5-13(6-8-20)9-17-15(21)14-10-18-19(3)11-14/h10-13H,4-9H2,1-3H3,(H,17,21). The van der Waals surface area contributed by atoms with Crippen LogP contribution >= 0.6 is 0 Å². The van der Waals surface area contributed by atoms with Gasteiger partial charge >= 0.3 is 0 Å². The van der Waals surface area contributed by atoms with E-state index >= 15 is 0 Å². The number of carbonyl (C=O) groups excluding carboxylic acids is 2. The van der Waals surface area contributed by atoms with Crippen LogP contribution in [0.4, 0.5) is 0 Å². The van der Waals surface area contributed by atoms with E-state index in [2.05, 4.69) is 10.4 Å². The maximum atomic E-state index is 12.1. The summed E-state index contributed by atoms with van der Waals surface area (Å²) in [6, 6.07) is 0. The molecule has 2 rings (SSSR count). The number of hydrogen-bond donors (Lipinski definition) is 1. The Morgan fingerprint density at radius 3 is 2.64 bits per heavy atom. The summed E-state index contributed by atoms with van der Waals surface area (Å²) in [5.74, 6) is 0.745. The fourth-order valence-corrected chi connectivity index (χ4v) is 2.72. The highest BCUT2D eigenvalue weighted by atomic mass is 16.2. The summed E-state index contributed by atoms with van der Waals surface area (Å²) in [4.78, 5) is 26.1. The third-order valence-electron chi connectivity index (χ3n) is 4.48. The lowest BCUT2D eigenvalue weighted by atomic mass is 9.95. The van der Waals surface area contributed by atoms with Gasteiger partial charge in [-0.05, 0) is 25.2 Å². The van der Waals surface area contributed by atoms with Crippen LogP contribution in [0, 0.1) is 11.8 Å². The van der Waals surface area contributed by atoms with Crippen LogP contribution in [0.1, 0.15) is 43.5 Å². The first-order chi connectivity index (χ1) is 10.5. The molecule has 0 aromatic carbocycles. The summed E-state index contributed by atoms with van der Waals surface area (Å²) in [6.45, 7) is 6.30. The number of aryl methyl sites for hydroxylation is 1. The Morgan fingerprint density at radius 1 is 1.41 bits per heavy atom. The smallest absolute Gasteiger partial charge is 0.254 e. The number of nitrogens with one attached hydrogen (secondary N) is 1. The molecule has 1 atom stereocenters. The zero-order valence-corrected chi connectivity index (χ0v) is 13.7. The van der Waals surface area contributed by atoms with Crippen LogP contribution in [0.25, 0.3) is 0 Å². The third kappa shape index (κ3) is 4.08. The second kappa shape index (κ2) is 7.42. The Labute approximate surface area is 131 Å². The monoisotopic (exact) mass is 306 g/mol. The van der Waals surface area contributed by atoms with Gasteiger partial charge in [0.25, 0.3) is 5.91 Å². The normalized spacial score (nSPS) is 17.3. The minimum absolute atomic E-state index is 0.0776. The van der Waals surface area contributed by atoms with Gasteiger partial charge in [0.15, 0.2) is 0 Å².